The monoisotopic (exact) mass is 376 g/mol. The van der Waals surface area contributed by atoms with E-state index in [1.807, 2.05) is 42.7 Å². The molecule has 128 valence electrons. The van der Waals surface area contributed by atoms with Crippen LogP contribution in [0.4, 0.5) is 13.2 Å². The van der Waals surface area contributed by atoms with Gasteiger partial charge in [0.05, 0.1) is 5.56 Å². The fourth-order valence-electron chi connectivity index (χ4n) is 2.42. The van der Waals surface area contributed by atoms with Crippen LogP contribution >= 0.6 is 23.5 Å². The number of alkyl halides is 3. The molecule has 3 aromatic rings. The summed E-state index contributed by atoms with van der Waals surface area (Å²) in [5.41, 5.74) is 1.54. The largest absolute Gasteiger partial charge is 0.416 e. The van der Waals surface area contributed by atoms with Crippen LogP contribution in [0.2, 0.25) is 0 Å². The number of hydrogen-bond donors (Lipinski definition) is 0. The highest BCUT2D eigenvalue weighted by atomic mass is 32.2. The van der Waals surface area contributed by atoms with Gasteiger partial charge in [-0.3, -0.25) is 0 Å². The maximum Gasteiger partial charge on any atom is 0.416 e. The van der Waals surface area contributed by atoms with Gasteiger partial charge >= 0.3 is 6.18 Å². The Morgan fingerprint density at radius 1 is 0.760 bits per heavy atom. The second kappa shape index (κ2) is 7.58. The van der Waals surface area contributed by atoms with E-state index in [-0.39, 0.29) is 0 Å². The highest BCUT2D eigenvalue weighted by Gasteiger charge is 2.29. The molecule has 0 radical (unpaired) electrons. The summed E-state index contributed by atoms with van der Waals surface area (Å²) in [5.74, 6) is 0. The van der Waals surface area contributed by atoms with Crippen LogP contribution in [-0.4, -0.2) is 6.26 Å². The third-order valence-electron chi connectivity index (χ3n) is 3.68. The van der Waals surface area contributed by atoms with Crippen molar-refractivity contribution >= 4 is 23.5 Å². The molecule has 0 spiro atoms. The minimum Gasteiger partial charge on any atom is -0.166 e. The molecule has 0 saturated heterocycles. The van der Waals surface area contributed by atoms with E-state index < -0.39 is 11.7 Å². The zero-order valence-corrected chi connectivity index (χ0v) is 15.0. The summed E-state index contributed by atoms with van der Waals surface area (Å²) in [5, 5.41) is 0. The molecular weight excluding hydrogens is 361 g/mol. The van der Waals surface area contributed by atoms with E-state index in [1.54, 1.807) is 11.8 Å². The number of benzene rings is 3. The third-order valence-corrected chi connectivity index (χ3v) is 5.49. The van der Waals surface area contributed by atoms with Crippen LogP contribution in [0.15, 0.2) is 87.5 Å². The standard InChI is InChI=1S/C20H15F3S2/c1-24-17-6-4-5-14(13-17)18-7-2-3-8-19(18)25-16-11-9-15(10-12-16)20(21,22)23/h2-13H,1H3. The van der Waals surface area contributed by atoms with Crippen LogP contribution in [-0.2, 0) is 6.18 Å². The molecule has 0 bridgehead atoms. The Bertz CT molecular complexity index is 855. The molecule has 0 N–H and O–H groups in total. The zero-order valence-electron chi connectivity index (χ0n) is 13.4. The van der Waals surface area contributed by atoms with Gasteiger partial charge in [0.15, 0.2) is 0 Å². The molecule has 0 unspecified atom stereocenters. The smallest absolute Gasteiger partial charge is 0.166 e. The first-order chi connectivity index (χ1) is 12.0. The highest BCUT2D eigenvalue weighted by molar-refractivity contribution is 7.99. The molecule has 0 nitrogen and oxygen atoms in total. The summed E-state index contributed by atoms with van der Waals surface area (Å²) in [7, 11) is 0. The molecule has 0 amide bonds. The van der Waals surface area contributed by atoms with Gasteiger partial charge in [-0.05, 0) is 59.8 Å². The molecule has 3 rings (SSSR count). The SMILES string of the molecule is CSc1cccc(-c2ccccc2Sc2ccc(C(F)(F)F)cc2)c1. The average molecular weight is 376 g/mol. The van der Waals surface area contributed by atoms with Crippen LogP contribution in [0.1, 0.15) is 5.56 Å². The number of rotatable bonds is 4. The predicted octanol–water partition coefficient (Wildman–Crippen LogP) is 7.25. The van der Waals surface area contributed by atoms with Crippen molar-refractivity contribution in [1.82, 2.24) is 0 Å². The van der Waals surface area contributed by atoms with Crippen molar-refractivity contribution in [3.05, 3.63) is 78.4 Å². The van der Waals surface area contributed by atoms with E-state index in [1.165, 1.54) is 28.8 Å². The van der Waals surface area contributed by atoms with Crippen LogP contribution in [0.3, 0.4) is 0 Å². The van der Waals surface area contributed by atoms with E-state index in [0.29, 0.717) is 0 Å². The van der Waals surface area contributed by atoms with Crippen molar-refractivity contribution in [2.45, 2.75) is 20.9 Å². The Kier molecular flexibility index (Phi) is 5.45. The van der Waals surface area contributed by atoms with Crippen molar-refractivity contribution in [3.63, 3.8) is 0 Å². The molecular formula is C20H15F3S2. The molecule has 0 aliphatic rings. The lowest BCUT2D eigenvalue weighted by molar-refractivity contribution is -0.137. The minimum absolute atomic E-state index is 0.627. The van der Waals surface area contributed by atoms with Gasteiger partial charge in [-0.15, -0.1) is 11.8 Å². The fraction of sp³-hybridized carbons (Fsp3) is 0.100. The van der Waals surface area contributed by atoms with Gasteiger partial charge in [0.2, 0.25) is 0 Å². The topological polar surface area (TPSA) is 0 Å². The summed E-state index contributed by atoms with van der Waals surface area (Å²) in [6.07, 6.45) is -2.28. The van der Waals surface area contributed by atoms with Gasteiger partial charge in [0, 0.05) is 14.7 Å². The lowest BCUT2D eigenvalue weighted by Gasteiger charge is -2.11. The van der Waals surface area contributed by atoms with Crippen molar-refractivity contribution in [2.75, 3.05) is 6.26 Å². The Balaban J connectivity index is 1.91. The van der Waals surface area contributed by atoms with Crippen LogP contribution < -0.4 is 0 Å². The van der Waals surface area contributed by atoms with Crippen molar-refractivity contribution < 1.29 is 13.2 Å². The van der Waals surface area contributed by atoms with Crippen molar-refractivity contribution in [1.29, 1.82) is 0 Å². The van der Waals surface area contributed by atoms with E-state index >= 15 is 0 Å². The van der Waals surface area contributed by atoms with Gasteiger partial charge in [-0.1, -0.05) is 42.1 Å². The van der Waals surface area contributed by atoms with E-state index in [2.05, 4.69) is 12.1 Å². The number of thioether (sulfide) groups is 1. The van der Waals surface area contributed by atoms with Gasteiger partial charge in [0.1, 0.15) is 0 Å². The first-order valence-corrected chi connectivity index (χ1v) is 9.60. The summed E-state index contributed by atoms with van der Waals surface area (Å²) < 4.78 is 38.1. The molecule has 5 heteroatoms. The number of halogens is 3. The maximum atomic E-state index is 12.7. The quantitative estimate of drug-likeness (QED) is 0.440. The second-order valence-electron chi connectivity index (χ2n) is 5.35. The van der Waals surface area contributed by atoms with E-state index in [0.717, 1.165) is 33.1 Å². The summed E-state index contributed by atoms with van der Waals surface area (Å²) in [6.45, 7) is 0. The van der Waals surface area contributed by atoms with Crippen LogP contribution in [0.25, 0.3) is 11.1 Å². The van der Waals surface area contributed by atoms with Gasteiger partial charge < -0.3 is 0 Å². The lowest BCUT2D eigenvalue weighted by Crippen LogP contribution is -2.03. The Hall–Kier alpha value is -1.85. The Morgan fingerprint density at radius 3 is 2.16 bits per heavy atom. The molecule has 25 heavy (non-hydrogen) atoms. The normalized spacial score (nSPS) is 11.5. The lowest BCUT2D eigenvalue weighted by atomic mass is 10.1. The summed E-state index contributed by atoms with van der Waals surface area (Å²) in [6, 6.07) is 21.5. The number of hydrogen-bond acceptors (Lipinski definition) is 2. The summed E-state index contributed by atoms with van der Waals surface area (Å²) >= 11 is 3.15. The van der Waals surface area contributed by atoms with Gasteiger partial charge in [-0.25, -0.2) is 0 Å². The van der Waals surface area contributed by atoms with E-state index in [9.17, 15) is 13.2 Å². The molecule has 0 aromatic heterocycles. The maximum absolute atomic E-state index is 12.7. The predicted molar refractivity (Wildman–Crippen MR) is 99.2 cm³/mol. The molecule has 0 aliphatic carbocycles. The molecule has 3 aromatic carbocycles. The van der Waals surface area contributed by atoms with Crippen LogP contribution in [0.5, 0.6) is 0 Å². The Morgan fingerprint density at radius 2 is 1.48 bits per heavy atom. The molecule has 0 aliphatic heterocycles. The zero-order chi connectivity index (χ0) is 17.9. The molecule has 0 saturated carbocycles. The molecule has 0 atom stereocenters. The van der Waals surface area contributed by atoms with Crippen LogP contribution in [0, 0.1) is 0 Å². The highest BCUT2D eigenvalue weighted by Crippen LogP contribution is 2.38. The van der Waals surface area contributed by atoms with Crippen molar-refractivity contribution in [3.8, 4) is 11.1 Å². The summed E-state index contributed by atoms with van der Waals surface area (Å²) in [4.78, 5) is 2.97. The van der Waals surface area contributed by atoms with E-state index in [4.69, 9.17) is 0 Å². The fourth-order valence-corrected chi connectivity index (χ4v) is 3.85. The van der Waals surface area contributed by atoms with Crippen molar-refractivity contribution in [2.24, 2.45) is 0 Å². The Labute approximate surface area is 153 Å². The minimum atomic E-state index is -4.31. The third kappa shape index (κ3) is 4.41. The first kappa shape index (κ1) is 18.0. The average Bonchev–Trinajstić information content (AvgIpc) is 2.62. The molecule has 0 heterocycles. The first-order valence-electron chi connectivity index (χ1n) is 7.56. The molecule has 0 fully saturated rings. The van der Waals surface area contributed by atoms with Gasteiger partial charge in [0.25, 0.3) is 0 Å². The van der Waals surface area contributed by atoms with Gasteiger partial charge in [-0.2, -0.15) is 13.2 Å². The second-order valence-corrected chi connectivity index (χ2v) is 7.35.